The monoisotopic (exact) mass is 241 g/mol. The molecule has 0 saturated carbocycles. The van der Waals surface area contributed by atoms with Gasteiger partial charge in [0.05, 0.1) is 5.54 Å². The van der Waals surface area contributed by atoms with Gasteiger partial charge in [-0.05, 0) is 63.1 Å². The van der Waals surface area contributed by atoms with E-state index in [1.54, 1.807) is 0 Å². The number of rotatable bonds is 3. The van der Waals surface area contributed by atoms with Crippen molar-refractivity contribution in [1.82, 2.24) is 5.32 Å². The molecule has 1 aromatic carbocycles. The quantitative estimate of drug-likeness (QED) is 0.797. The fourth-order valence-electron chi connectivity index (χ4n) is 2.69. The van der Waals surface area contributed by atoms with Crippen LogP contribution in [0.1, 0.15) is 56.3 Å². The van der Waals surface area contributed by atoms with E-state index in [2.05, 4.69) is 36.4 Å². The number of terminal acetylenes is 1. The van der Waals surface area contributed by atoms with Gasteiger partial charge in [0.1, 0.15) is 0 Å². The summed E-state index contributed by atoms with van der Waals surface area (Å²) in [5.74, 6) is 2.79. The minimum absolute atomic E-state index is 0.255. The first-order chi connectivity index (χ1) is 8.52. The molecule has 18 heavy (non-hydrogen) atoms. The van der Waals surface area contributed by atoms with Crippen LogP contribution in [0.25, 0.3) is 0 Å². The van der Waals surface area contributed by atoms with Gasteiger partial charge in [-0.25, -0.2) is 0 Å². The lowest BCUT2D eigenvalue weighted by Gasteiger charge is -2.26. The summed E-state index contributed by atoms with van der Waals surface area (Å²) in [5, 5.41) is 3.49. The van der Waals surface area contributed by atoms with E-state index in [1.807, 2.05) is 13.8 Å². The van der Waals surface area contributed by atoms with Crippen LogP contribution in [0.4, 0.5) is 0 Å². The zero-order valence-electron chi connectivity index (χ0n) is 11.7. The highest BCUT2D eigenvalue weighted by Gasteiger charge is 2.18. The summed E-state index contributed by atoms with van der Waals surface area (Å²) < 4.78 is 0. The van der Waals surface area contributed by atoms with Crippen LogP contribution in [0.15, 0.2) is 18.2 Å². The van der Waals surface area contributed by atoms with Crippen LogP contribution in [-0.4, -0.2) is 5.54 Å². The molecule has 96 valence electrons. The second-order valence-electron chi connectivity index (χ2n) is 5.87. The Balaban J connectivity index is 2.16. The number of hydrogen-bond donors (Lipinski definition) is 1. The van der Waals surface area contributed by atoms with Gasteiger partial charge in [-0.3, -0.25) is 5.32 Å². The summed E-state index contributed by atoms with van der Waals surface area (Å²) in [6.45, 7) is 6.27. The predicted molar refractivity (Wildman–Crippen MR) is 77.5 cm³/mol. The van der Waals surface area contributed by atoms with Crippen molar-refractivity contribution in [3.63, 3.8) is 0 Å². The summed E-state index contributed by atoms with van der Waals surface area (Å²) in [6, 6.07) is 7.20. The predicted octanol–water partition coefficient (Wildman–Crippen LogP) is 3.63. The molecule has 1 heteroatoms. The summed E-state index contributed by atoms with van der Waals surface area (Å²) in [5.41, 5.74) is 4.16. The number of nitrogens with one attached hydrogen (secondary N) is 1. The van der Waals surface area contributed by atoms with E-state index in [0.717, 1.165) is 0 Å². The Morgan fingerprint density at radius 1 is 1.22 bits per heavy atom. The minimum atomic E-state index is -0.255. The molecular weight excluding hydrogens is 218 g/mol. The lowest BCUT2D eigenvalue weighted by molar-refractivity contribution is 0.431. The molecule has 1 aliphatic rings. The van der Waals surface area contributed by atoms with Gasteiger partial charge in [-0.1, -0.05) is 24.1 Å². The fraction of sp³-hybridized carbons (Fsp3) is 0.529. The third kappa shape index (κ3) is 2.94. The summed E-state index contributed by atoms with van der Waals surface area (Å²) >= 11 is 0. The van der Waals surface area contributed by atoms with E-state index in [9.17, 15) is 0 Å². The van der Waals surface area contributed by atoms with Gasteiger partial charge in [0.15, 0.2) is 0 Å². The van der Waals surface area contributed by atoms with Crippen LogP contribution in [0, 0.1) is 12.3 Å². The highest BCUT2D eigenvalue weighted by molar-refractivity contribution is 5.35. The molecule has 0 spiro atoms. The molecule has 1 unspecified atom stereocenters. The Hall–Kier alpha value is -1.26. The van der Waals surface area contributed by atoms with Crippen molar-refractivity contribution in [3.8, 4) is 12.3 Å². The summed E-state index contributed by atoms with van der Waals surface area (Å²) in [7, 11) is 0. The Kier molecular flexibility index (Phi) is 3.78. The number of benzene rings is 1. The first-order valence-electron chi connectivity index (χ1n) is 6.89. The first-order valence-corrected chi connectivity index (χ1v) is 6.89. The highest BCUT2D eigenvalue weighted by Crippen LogP contribution is 2.25. The second-order valence-corrected chi connectivity index (χ2v) is 5.87. The van der Waals surface area contributed by atoms with Gasteiger partial charge in [0.25, 0.3) is 0 Å². The SMILES string of the molecule is C#CC(C)(C)NC(C)c1ccc2c(c1)CCCC2. The third-order valence-electron chi connectivity index (χ3n) is 3.81. The standard InChI is InChI=1S/C17H23N/c1-5-17(3,4)18-13(2)15-11-10-14-8-6-7-9-16(14)12-15/h1,10-13,18H,6-9H2,2-4H3. The molecule has 1 N–H and O–H groups in total. The van der Waals surface area contributed by atoms with Crippen molar-refractivity contribution in [3.05, 3.63) is 34.9 Å². The molecule has 0 saturated heterocycles. The molecule has 0 radical (unpaired) electrons. The molecule has 1 aliphatic carbocycles. The van der Waals surface area contributed by atoms with E-state index in [-0.39, 0.29) is 5.54 Å². The van der Waals surface area contributed by atoms with Crippen LogP contribution in [0.5, 0.6) is 0 Å². The van der Waals surface area contributed by atoms with Crippen molar-refractivity contribution < 1.29 is 0 Å². The van der Waals surface area contributed by atoms with E-state index < -0.39 is 0 Å². The molecule has 2 rings (SSSR count). The van der Waals surface area contributed by atoms with Gasteiger partial charge in [-0.15, -0.1) is 6.42 Å². The maximum Gasteiger partial charge on any atom is 0.0745 e. The third-order valence-corrected chi connectivity index (χ3v) is 3.81. The second kappa shape index (κ2) is 5.16. The largest absolute Gasteiger partial charge is 0.295 e. The Morgan fingerprint density at radius 2 is 1.89 bits per heavy atom. The Morgan fingerprint density at radius 3 is 2.56 bits per heavy atom. The van der Waals surface area contributed by atoms with Crippen molar-refractivity contribution in [2.24, 2.45) is 0 Å². The van der Waals surface area contributed by atoms with Crippen LogP contribution in [0.2, 0.25) is 0 Å². The van der Waals surface area contributed by atoms with Crippen LogP contribution < -0.4 is 5.32 Å². The summed E-state index contributed by atoms with van der Waals surface area (Å²) in [4.78, 5) is 0. The molecule has 0 amide bonds. The molecule has 0 aliphatic heterocycles. The van der Waals surface area contributed by atoms with Gasteiger partial charge < -0.3 is 0 Å². The topological polar surface area (TPSA) is 12.0 Å². The molecule has 0 aromatic heterocycles. The summed E-state index contributed by atoms with van der Waals surface area (Å²) in [6.07, 6.45) is 10.7. The highest BCUT2D eigenvalue weighted by atomic mass is 15.0. The lowest BCUT2D eigenvalue weighted by Crippen LogP contribution is -2.39. The molecule has 1 nitrogen and oxygen atoms in total. The van der Waals surface area contributed by atoms with E-state index in [0.29, 0.717) is 6.04 Å². The average Bonchev–Trinajstić information content (AvgIpc) is 2.37. The maximum atomic E-state index is 5.53. The molecule has 1 atom stereocenters. The van der Waals surface area contributed by atoms with Crippen LogP contribution >= 0.6 is 0 Å². The van der Waals surface area contributed by atoms with Crippen molar-refractivity contribution in [2.75, 3.05) is 0 Å². The van der Waals surface area contributed by atoms with Gasteiger partial charge >= 0.3 is 0 Å². The fourth-order valence-corrected chi connectivity index (χ4v) is 2.69. The number of aryl methyl sites for hydroxylation is 2. The average molecular weight is 241 g/mol. The molecule has 1 aromatic rings. The lowest BCUT2D eigenvalue weighted by atomic mass is 9.89. The molecular formula is C17H23N. The normalized spacial score (nSPS) is 16.8. The van der Waals surface area contributed by atoms with Gasteiger partial charge in [-0.2, -0.15) is 0 Å². The zero-order chi connectivity index (χ0) is 13.2. The van der Waals surface area contributed by atoms with Gasteiger partial charge in [0, 0.05) is 6.04 Å². The van der Waals surface area contributed by atoms with Crippen LogP contribution in [-0.2, 0) is 12.8 Å². The van der Waals surface area contributed by atoms with Crippen molar-refractivity contribution in [2.45, 2.75) is 58.0 Å². The first kappa shape index (κ1) is 13.2. The Labute approximate surface area is 111 Å². The smallest absolute Gasteiger partial charge is 0.0745 e. The molecule has 0 fully saturated rings. The Bertz CT molecular complexity index is 465. The van der Waals surface area contributed by atoms with E-state index in [1.165, 1.54) is 42.4 Å². The van der Waals surface area contributed by atoms with Crippen molar-refractivity contribution in [1.29, 1.82) is 0 Å². The van der Waals surface area contributed by atoms with Crippen molar-refractivity contribution >= 4 is 0 Å². The minimum Gasteiger partial charge on any atom is -0.295 e. The van der Waals surface area contributed by atoms with E-state index in [4.69, 9.17) is 6.42 Å². The van der Waals surface area contributed by atoms with Gasteiger partial charge in [0.2, 0.25) is 0 Å². The zero-order valence-corrected chi connectivity index (χ0v) is 11.7. The van der Waals surface area contributed by atoms with Crippen LogP contribution in [0.3, 0.4) is 0 Å². The number of fused-ring (bicyclic) bond motifs is 1. The maximum absolute atomic E-state index is 5.53. The molecule has 0 bridgehead atoms. The molecule has 0 heterocycles. The number of hydrogen-bond acceptors (Lipinski definition) is 1. The van der Waals surface area contributed by atoms with E-state index >= 15 is 0 Å².